The Bertz CT molecular complexity index is 496. The molecule has 1 aromatic rings. The molecule has 90 valence electrons. The number of alkyl halides is 3. The van der Waals surface area contributed by atoms with Gasteiger partial charge in [0, 0.05) is 5.56 Å². The summed E-state index contributed by atoms with van der Waals surface area (Å²) in [4.78, 5) is 10.3. The molecule has 1 amide bonds. The molecule has 0 bridgehead atoms. The summed E-state index contributed by atoms with van der Waals surface area (Å²) < 4.78 is 49.7. The minimum atomic E-state index is -4.73. The van der Waals surface area contributed by atoms with Gasteiger partial charge in [0.25, 0.3) is 0 Å². The van der Waals surface area contributed by atoms with Gasteiger partial charge in [0.2, 0.25) is 5.91 Å². The SMILES string of the molecule is NC(=O)CC#Cc1ccc(C(F)(F)F)c(F)c1. The Balaban J connectivity index is 2.96. The number of carbonyl (C=O) groups excluding carboxylic acids is 1. The summed E-state index contributed by atoms with van der Waals surface area (Å²) in [6.07, 6.45) is -4.97. The van der Waals surface area contributed by atoms with E-state index in [0.717, 1.165) is 6.07 Å². The monoisotopic (exact) mass is 245 g/mol. The van der Waals surface area contributed by atoms with Crippen LogP contribution in [0.2, 0.25) is 0 Å². The first-order chi connectivity index (χ1) is 7.80. The average molecular weight is 245 g/mol. The second-order valence-corrected chi connectivity index (χ2v) is 3.14. The van der Waals surface area contributed by atoms with Gasteiger partial charge in [-0.2, -0.15) is 13.2 Å². The minimum Gasteiger partial charge on any atom is -0.369 e. The highest BCUT2D eigenvalue weighted by Gasteiger charge is 2.33. The maximum absolute atomic E-state index is 13.1. The van der Waals surface area contributed by atoms with E-state index in [-0.39, 0.29) is 12.0 Å². The van der Waals surface area contributed by atoms with Crippen molar-refractivity contribution in [2.75, 3.05) is 0 Å². The van der Waals surface area contributed by atoms with Gasteiger partial charge in [-0.1, -0.05) is 11.8 Å². The highest BCUT2D eigenvalue weighted by Crippen LogP contribution is 2.31. The molecule has 0 unspecified atom stereocenters. The van der Waals surface area contributed by atoms with E-state index in [9.17, 15) is 22.4 Å². The van der Waals surface area contributed by atoms with E-state index in [1.54, 1.807) is 0 Å². The Hall–Kier alpha value is -2.03. The molecule has 0 aliphatic heterocycles. The summed E-state index contributed by atoms with van der Waals surface area (Å²) in [5.74, 6) is 2.59. The predicted octanol–water partition coefficient (Wildman–Crippen LogP) is 2.07. The molecule has 2 N–H and O–H groups in total. The normalized spacial score (nSPS) is 10.6. The molecular formula is C11H7F4NO. The minimum absolute atomic E-state index is 0.0525. The third-order valence-electron chi connectivity index (χ3n) is 1.77. The number of halogens is 4. The zero-order valence-corrected chi connectivity index (χ0v) is 8.44. The average Bonchev–Trinajstić information content (AvgIpc) is 2.14. The zero-order valence-electron chi connectivity index (χ0n) is 8.44. The van der Waals surface area contributed by atoms with Gasteiger partial charge in [-0.15, -0.1) is 0 Å². The Kier molecular flexibility index (Phi) is 3.73. The quantitative estimate of drug-likeness (QED) is 0.597. The fourth-order valence-corrected chi connectivity index (χ4v) is 1.06. The van der Waals surface area contributed by atoms with Crippen LogP contribution in [0.3, 0.4) is 0 Å². The molecule has 17 heavy (non-hydrogen) atoms. The largest absolute Gasteiger partial charge is 0.419 e. The van der Waals surface area contributed by atoms with E-state index < -0.39 is 23.5 Å². The van der Waals surface area contributed by atoms with Crippen LogP contribution in [0.15, 0.2) is 18.2 Å². The van der Waals surface area contributed by atoms with Crippen LogP contribution in [-0.2, 0) is 11.0 Å². The maximum atomic E-state index is 13.1. The van der Waals surface area contributed by atoms with E-state index in [2.05, 4.69) is 11.8 Å². The van der Waals surface area contributed by atoms with Crippen LogP contribution in [0.4, 0.5) is 17.6 Å². The maximum Gasteiger partial charge on any atom is 0.419 e. The summed E-state index contributed by atoms with van der Waals surface area (Å²) in [7, 11) is 0. The lowest BCUT2D eigenvalue weighted by atomic mass is 10.1. The number of amides is 1. The number of rotatable bonds is 1. The second kappa shape index (κ2) is 4.87. The van der Waals surface area contributed by atoms with E-state index in [1.807, 2.05) is 0 Å². The molecule has 0 saturated carbocycles. The van der Waals surface area contributed by atoms with Gasteiger partial charge in [0.05, 0.1) is 12.0 Å². The molecule has 2 nitrogen and oxygen atoms in total. The second-order valence-electron chi connectivity index (χ2n) is 3.14. The van der Waals surface area contributed by atoms with Crippen molar-refractivity contribution in [2.45, 2.75) is 12.6 Å². The first-order valence-corrected chi connectivity index (χ1v) is 4.44. The molecule has 0 atom stereocenters. The lowest BCUT2D eigenvalue weighted by Gasteiger charge is -2.07. The Labute approximate surface area is 94.4 Å². The summed E-state index contributed by atoms with van der Waals surface area (Å²) in [6, 6.07) is 2.29. The first-order valence-electron chi connectivity index (χ1n) is 4.44. The van der Waals surface area contributed by atoms with Gasteiger partial charge >= 0.3 is 6.18 Å². The van der Waals surface area contributed by atoms with E-state index in [0.29, 0.717) is 12.1 Å². The van der Waals surface area contributed by atoms with Crippen molar-refractivity contribution in [3.63, 3.8) is 0 Å². The topological polar surface area (TPSA) is 43.1 Å². The number of hydrogen-bond acceptors (Lipinski definition) is 1. The number of carbonyl (C=O) groups is 1. The van der Waals surface area contributed by atoms with E-state index >= 15 is 0 Å². The molecule has 6 heteroatoms. The summed E-state index contributed by atoms with van der Waals surface area (Å²) >= 11 is 0. The van der Waals surface area contributed by atoms with Crippen molar-refractivity contribution in [1.29, 1.82) is 0 Å². The fourth-order valence-electron chi connectivity index (χ4n) is 1.06. The molecule has 0 spiro atoms. The van der Waals surface area contributed by atoms with Crippen LogP contribution in [0, 0.1) is 17.7 Å². The number of hydrogen-bond donors (Lipinski definition) is 1. The van der Waals surface area contributed by atoms with Gasteiger partial charge in [0.15, 0.2) is 0 Å². The van der Waals surface area contributed by atoms with Crippen molar-refractivity contribution >= 4 is 5.91 Å². The third kappa shape index (κ3) is 3.79. The van der Waals surface area contributed by atoms with Gasteiger partial charge in [0.1, 0.15) is 5.82 Å². The lowest BCUT2D eigenvalue weighted by molar-refractivity contribution is -0.140. The highest BCUT2D eigenvalue weighted by atomic mass is 19.4. The smallest absolute Gasteiger partial charge is 0.369 e. The van der Waals surface area contributed by atoms with Gasteiger partial charge < -0.3 is 5.73 Å². The molecule has 0 aromatic heterocycles. The van der Waals surface area contributed by atoms with Gasteiger partial charge in [-0.3, -0.25) is 4.79 Å². The Morgan fingerprint density at radius 2 is 2.00 bits per heavy atom. The van der Waals surface area contributed by atoms with Crippen LogP contribution in [0.25, 0.3) is 0 Å². The third-order valence-corrected chi connectivity index (χ3v) is 1.77. The van der Waals surface area contributed by atoms with Crippen LogP contribution >= 0.6 is 0 Å². The fraction of sp³-hybridized carbons (Fsp3) is 0.182. The molecule has 0 aliphatic rings. The molecule has 0 radical (unpaired) electrons. The van der Waals surface area contributed by atoms with Gasteiger partial charge in [-0.05, 0) is 18.2 Å². The summed E-state index contributed by atoms with van der Waals surface area (Å²) in [5.41, 5.74) is 3.51. The van der Waals surface area contributed by atoms with Crippen molar-refractivity contribution in [1.82, 2.24) is 0 Å². The van der Waals surface area contributed by atoms with Crippen molar-refractivity contribution in [3.8, 4) is 11.8 Å². The molecule has 1 aromatic carbocycles. The Morgan fingerprint density at radius 1 is 1.35 bits per heavy atom. The number of nitrogens with two attached hydrogens (primary N) is 1. The number of benzene rings is 1. The molecule has 0 fully saturated rings. The van der Waals surface area contributed by atoms with Crippen LogP contribution < -0.4 is 5.73 Å². The molecular weight excluding hydrogens is 238 g/mol. The van der Waals surface area contributed by atoms with Crippen LogP contribution in [0.5, 0.6) is 0 Å². The highest BCUT2D eigenvalue weighted by molar-refractivity contribution is 5.76. The van der Waals surface area contributed by atoms with E-state index in [4.69, 9.17) is 5.73 Å². The zero-order chi connectivity index (χ0) is 13.1. The van der Waals surface area contributed by atoms with Crippen molar-refractivity contribution in [3.05, 3.63) is 35.1 Å². The van der Waals surface area contributed by atoms with Crippen molar-refractivity contribution in [2.24, 2.45) is 5.73 Å². The van der Waals surface area contributed by atoms with Crippen LogP contribution in [-0.4, -0.2) is 5.91 Å². The standard InChI is InChI=1S/C11H7F4NO/c12-9-6-7(2-1-3-10(16)17)4-5-8(9)11(13,14)15/h4-6H,3H2,(H2,16,17). The molecule has 0 aliphatic carbocycles. The van der Waals surface area contributed by atoms with Crippen LogP contribution in [0.1, 0.15) is 17.5 Å². The first kappa shape index (κ1) is 13.0. The van der Waals surface area contributed by atoms with E-state index in [1.165, 1.54) is 0 Å². The molecule has 0 heterocycles. The lowest BCUT2D eigenvalue weighted by Crippen LogP contribution is -2.08. The summed E-state index contributed by atoms with van der Waals surface area (Å²) in [6.45, 7) is 0. The van der Waals surface area contributed by atoms with Gasteiger partial charge in [-0.25, -0.2) is 4.39 Å². The molecule has 0 saturated heterocycles. The molecule has 1 rings (SSSR count). The predicted molar refractivity (Wildman–Crippen MR) is 52.1 cm³/mol. The number of primary amides is 1. The summed E-state index contributed by atoms with van der Waals surface area (Å²) in [5, 5.41) is 0. The van der Waals surface area contributed by atoms with Crippen molar-refractivity contribution < 1.29 is 22.4 Å². The Morgan fingerprint density at radius 3 is 2.47 bits per heavy atom.